The number of aliphatic imine (C=N–C) groups is 1. The molecular weight excluding hydrogens is 396 g/mol. The second kappa shape index (κ2) is 6.49. The minimum absolute atomic E-state index is 0.0124. The van der Waals surface area contributed by atoms with Gasteiger partial charge in [0.2, 0.25) is 5.90 Å². The fraction of sp³-hybridized carbons (Fsp3) is 0.0625. The summed E-state index contributed by atoms with van der Waals surface area (Å²) in [6.45, 7) is 0. The Hall–Kier alpha value is -3.24. The lowest BCUT2D eigenvalue weighted by Gasteiger charge is -2.03. The summed E-state index contributed by atoms with van der Waals surface area (Å²) < 4.78 is 11.8. The van der Waals surface area contributed by atoms with Gasteiger partial charge in [0.1, 0.15) is 0 Å². The van der Waals surface area contributed by atoms with E-state index in [0.29, 0.717) is 10.7 Å². The van der Waals surface area contributed by atoms with Gasteiger partial charge in [0, 0.05) is 23.2 Å². The summed E-state index contributed by atoms with van der Waals surface area (Å²) in [5, 5.41) is 13.2. The highest BCUT2D eigenvalue weighted by atomic mass is 35.5. The molecule has 0 fully saturated rings. The molecule has 0 N–H and O–H groups in total. The fourth-order valence-electron chi connectivity index (χ4n) is 2.53. The van der Waals surface area contributed by atoms with Crippen LogP contribution in [-0.2, 0) is 9.53 Å². The number of halogens is 1. The highest BCUT2D eigenvalue weighted by Crippen LogP contribution is 2.30. The van der Waals surface area contributed by atoms with E-state index >= 15 is 0 Å². The molecule has 0 unspecified atom stereocenters. The molecule has 1 aliphatic rings. The number of hydrogen-bond acceptors (Lipinski definition) is 8. The van der Waals surface area contributed by atoms with Crippen molar-refractivity contribution in [3.63, 3.8) is 0 Å². The van der Waals surface area contributed by atoms with Gasteiger partial charge in [-0.1, -0.05) is 11.6 Å². The minimum Gasteiger partial charge on any atom is -0.490 e. The van der Waals surface area contributed by atoms with E-state index in [9.17, 15) is 14.9 Å². The van der Waals surface area contributed by atoms with Gasteiger partial charge in [0.15, 0.2) is 21.6 Å². The van der Waals surface area contributed by atoms with Crippen LogP contribution in [0.2, 0.25) is 5.15 Å². The van der Waals surface area contributed by atoms with Crippen molar-refractivity contribution in [1.29, 1.82) is 0 Å². The van der Waals surface area contributed by atoms with E-state index in [2.05, 4.69) is 9.98 Å². The number of methoxy groups -OCH3 is 1. The zero-order chi connectivity index (χ0) is 19.1. The van der Waals surface area contributed by atoms with E-state index in [-0.39, 0.29) is 33.7 Å². The van der Waals surface area contributed by atoms with Crippen molar-refractivity contribution >= 4 is 51.5 Å². The van der Waals surface area contributed by atoms with Crippen LogP contribution in [0.5, 0.6) is 5.75 Å². The first-order valence-corrected chi connectivity index (χ1v) is 8.70. The molecule has 11 heteroatoms. The molecule has 0 atom stereocenters. The molecular formula is C16H9ClN4O5S. The number of carbonyl (C=O) groups is 1. The highest BCUT2D eigenvalue weighted by Gasteiger charge is 2.27. The third-order valence-corrected chi connectivity index (χ3v) is 4.81. The highest BCUT2D eigenvalue weighted by molar-refractivity contribution is 7.15. The van der Waals surface area contributed by atoms with Crippen LogP contribution in [0.4, 0.5) is 5.69 Å². The van der Waals surface area contributed by atoms with Crippen LogP contribution in [0.25, 0.3) is 11.0 Å². The number of fused-ring (bicyclic) bond motifs is 1. The number of nitrogens with zero attached hydrogens (tertiary/aromatic N) is 4. The van der Waals surface area contributed by atoms with Crippen molar-refractivity contribution in [2.45, 2.75) is 0 Å². The van der Waals surface area contributed by atoms with E-state index in [0.717, 1.165) is 0 Å². The quantitative estimate of drug-likeness (QED) is 0.285. The average molecular weight is 405 g/mol. The lowest BCUT2D eigenvalue weighted by atomic mass is 10.2. The molecule has 0 amide bonds. The smallest absolute Gasteiger partial charge is 0.363 e. The molecule has 1 aliphatic heterocycles. The Labute approximate surface area is 160 Å². The molecule has 0 saturated heterocycles. The summed E-state index contributed by atoms with van der Waals surface area (Å²) in [5.74, 6) is -0.640. The van der Waals surface area contributed by atoms with Crippen LogP contribution in [0.1, 0.15) is 11.3 Å². The summed E-state index contributed by atoms with van der Waals surface area (Å²) in [7, 11) is 1.33. The Morgan fingerprint density at radius 1 is 1.44 bits per heavy atom. The maximum Gasteiger partial charge on any atom is 0.363 e. The number of imidazole rings is 1. The topological polar surface area (TPSA) is 108 Å². The molecule has 0 radical (unpaired) electrons. The third-order valence-electron chi connectivity index (χ3n) is 3.77. The van der Waals surface area contributed by atoms with Gasteiger partial charge in [-0.2, -0.15) is 0 Å². The van der Waals surface area contributed by atoms with Crippen LogP contribution in [0.3, 0.4) is 0 Å². The largest absolute Gasteiger partial charge is 0.490 e. The number of carbonyl (C=O) groups excluding carboxylic acids is 1. The van der Waals surface area contributed by atoms with Gasteiger partial charge in [-0.25, -0.2) is 14.8 Å². The number of nitro benzene ring substituents is 1. The third kappa shape index (κ3) is 2.94. The molecule has 0 aliphatic carbocycles. The SMILES string of the molecule is COc1ccc(C2=N/C(=C/c3c(Cl)nc4sccn34)C(=O)O2)cc1[N+](=O)[O-]. The van der Waals surface area contributed by atoms with Crippen molar-refractivity contribution in [3.05, 3.63) is 62.0 Å². The normalized spacial score (nSPS) is 15.3. The molecule has 3 heterocycles. The first kappa shape index (κ1) is 17.2. The molecule has 2 aromatic heterocycles. The average Bonchev–Trinajstić information content (AvgIpc) is 3.32. The van der Waals surface area contributed by atoms with Crippen LogP contribution in [0.15, 0.2) is 40.5 Å². The van der Waals surface area contributed by atoms with Gasteiger partial charge < -0.3 is 9.47 Å². The maximum atomic E-state index is 12.2. The van der Waals surface area contributed by atoms with Gasteiger partial charge >= 0.3 is 11.7 Å². The zero-order valence-corrected chi connectivity index (χ0v) is 15.2. The molecule has 0 bridgehead atoms. The second-order valence-corrected chi connectivity index (χ2v) is 6.55. The Morgan fingerprint density at radius 3 is 3.00 bits per heavy atom. The Morgan fingerprint density at radius 2 is 2.26 bits per heavy atom. The van der Waals surface area contributed by atoms with E-state index < -0.39 is 10.9 Å². The number of benzene rings is 1. The Balaban J connectivity index is 1.75. The van der Waals surface area contributed by atoms with Crippen molar-refractivity contribution in [1.82, 2.24) is 9.38 Å². The van der Waals surface area contributed by atoms with Gasteiger partial charge in [0.25, 0.3) is 0 Å². The van der Waals surface area contributed by atoms with E-state index in [1.807, 2.05) is 5.38 Å². The molecule has 0 saturated carbocycles. The number of aromatic nitrogens is 2. The molecule has 27 heavy (non-hydrogen) atoms. The van der Waals surface area contributed by atoms with Crippen LogP contribution < -0.4 is 4.74 Å². The molecule has 9 nitrogen and oxygen atoms in total. The monoisotopic (exact) mass is 404 g/mol. The van der Waals surface area contributed by atoms with Crippen molar-refractivity contribution in [2.75, 3.05) is 7.11 Å². The van der Waals surface area contributed by atoms with Crippen molar-refractivity contribution in [3.8, 4) is 5.75 Å². The summed E-state index contributed by atoms with van der Waals surface area (Å²) in [4.78, 5) is 31.8. The summed E-state index contributed by atoms with van der Waals surface area (Å²) in [6.07, 6.45) is 3.23. The van der Waals surface area contributed by atoms with E-state index in [1.54, 1.807) is 10.6 Å². The predicted octanol–water partition coefficient (Wildman–Crippen LogP) is 3.31. The van der Waals surface area contributed by atoms with Crippen LogP contribution >= 0.6 is 22.9 Å². The first-order valence-electron chi connectivity index (χ1n) is 7.44. The fourth-order valence-corrected chi connectivity index (χ4v) is 3.53. The lowest BCUT2D eigenvalue weighted by Crippen LogP contribution is -2.06. The summed E-state index contributed by atoms with van der Waals surface area (Å²) in [5.41, 5.74) is 0.522. The zero-order valence-electron chi connectivity index (χ0n) is 13.6. The van der Waals surface area contributed by atoms with Crippen LogP contribution in [0, 0.1) is 10.1 Å². The van der Waals surface area contributed by atoms with E-state index in [4.69, 9.17) is 21.1 Å². The summed E-state index contributed by atoms with van der Waals surface area (Å²) >= 11 is 7.51. The van der Waals surface area contributed by atoms with Crippen LogP contribution in [-0.4, -0.2) is 33.3 Å². The van der Waals surface area contributed by atoms with Gasteiger partial charge in [0.05, 0.1) is 17.7 Å². The van der Waals surface area contributed by atoms with Gasteiger partial charge in [-0.3, -0.25) is 14.5 Å². The second-order valence-electron chi connectivity index (χ2n) is 5.32. The Kier molecular flexibility index (Phi) is 4.13. The van der Waals surface area contributed by atoms with Gasteiger partial charge in [-0.15, -0.1) is 11.3 Å². The molecule has 4 rings (SSSR count). The van der Waals surface area contributed by atoms with Crippen molar-refractivity contribution < 1.29 is 19.2 Å². The maximum absolute atomic E-state index is 12.2. The minimum atomic E-state index is -0.690. The first-order chi connectivity index (χ1) is 13.0. The number of nitro groups is 1. The standard InChI is InChI=1S/C16H9ClN4O5S/c1-25-12-3-2-8(6-10(12)21(23)24)14-18-9(15(22)26-14)7-11-13(17)19-16-20(11)4-5-27-16/h2-7H,1H3/b9-7+. The Bertz CT molecular complexity index is 1160. The van der Waals surface area contributed by atoms with E-state index in [1.165, 1.54) is 42.7 Å². The number of thiazole rings is 1. The number of rotatable bonds is 4. The molecule has 1 aromatic carbocycles. The predicted molar refractivity (Wildman–Crippen MR) is 98.3 cm³/mol. The number of esters is 1. The van der Waals surface area contributed by atoms with Crippen molar-refractivity contribution in [2.24, 2.45) is 4.99 Å². The summed E-state index contributed by atoms with van der Waals surface area (Å²) in [6, 6.07) is 4.16. The lowest BCUT2D eigenvalue weighted by molar-refractivity contribution is -0.385. The number of cyclic esters (lactones) is 1. The van der Waals surface area contributed by atoms with Gasteiger partial charge in [-0.05, 0) is 18.2 Å². The molecule has 136 valence electrons. The molecule has 3 aromatic rings. The number of hydrogen-bond donors (Lipinski definition) is 0. The number of ether oxygens (including phenoxy) is 2. The molecule has 0 spiro atoms.